The number of rotatable bonds is 6. The van der Waals surface area contributed by atoms with Crippen LogP contribution >= 0.6 is 35.3 Å². The van der Waals surface area contributed by atoms with Crippen molar-refractivity contribution < 1.29 is 14.4 Å². The summed E-state index contributed by atoms with van der Waals surface area (Å²) in [6.45, 7) is 8.74. The molecule has 1 rings (SSSR count). The molecule has 0 aromatic heterocycles. The molecule has 7 heteroatoms. The first-order valence-electron chi connectivity index (χ1n) is 5.60. The summed E-state index contributed by atoms with van der Waals surface area (Å²) in [7, 11) is 0. The summed E-state index contributed by atoms with van der Waals surface area (Å²) in [6.07, 6.45) is 0.652. The molecule has 0 aromatic carbocycles. The van der Waals surface area contributed by atoms with Gasteiger partial charge < -0.3 is 5.32 Å². The largest absolute Gasteiger partial charge is 0.344 e. The molecule has 2 unspecified atom stereocenters. The van der Waals surface area contributed by atoms with Gasteiger partial charge in [-0.2, -0.15) is 0 Å². The SMILES string of the molecule is C=CSC(=C)C(=O)SC(C)C(=O)NC1CCSC1=O. The van der Waals surface area contributed by atoms with Gasteiger partial charge in [0.2, 0.25) is 16.1 Å². The van der Waals surface area contributed by atoms with Crippen molar-refractivity contribution in [1.82, 2.24) is 5.32 Å². The summed E-state index contributed by atoms with van der Waals surface area (Å²) in [5, 5.41) is 3.37. The maximum Gasteiger partial charge on any atom is 0.233 e. The number of carbonyl (C=O) groups is 3. The Bertz CT molecular complexity index is 422. The molecule has 0 spiro atoms. The normalized spacial score (nSPS) is 19.8. The molecular weight excluding hydrogens is 302 g/mol. The van der Waals surface area contributed by atoms with E-state index in [1.54, 1.807) is 6.92 Å². The highest BCUT2D eigenvalue weighted by atomic mass is 32.2. The van der Waals surface area contributed by atoms with E-state index in [0.717, 1.165) is 29.3 Å². The Morgan fingerprint density at radius 1 is 1.58 bits per heavy atom. The van der Waals surface area contributed by atoms with Gasteiger partial charge in [0.25, 0.3) is 0 Å². The Hall–Kier alpha value is -0.660. The first-order chi connectivity index (χ1) is 8.95. The van der Waals surface area contributed by atoms with Crippen LogP contribution in [0.15, 0.2) is 23.5 Å². The highest BCUT2D eigenvalue weighted by Crippen LogP contribution is 2.25. The van der Waals surface area contributed by atoms with Gasteiger partial charge in [0.05, 0.1) is 16.2 Å². The number of amides is 1. The molecule has 1 fully saturated rings. The average molecular weight is 317 g/mol. The average Bonchev–Trinajstić information content (AvgIpc) is 2.75. The number of nitrogens with one attached hydrogen (secondary N) is 1. The lowest BCUT2D eigenvalue weighted by Crippen LogP contribution is -2.41. The van der Waals surface area contributed by atoms with E-state index in [9.17, 15) is 14.4 Å². The molecule has 2 atom stereocenters. The maximum absolute atomic E-state index is 11.9. The van der Waals surface area contributed by atoms with Gasteiger partial charge in [-0.1, -0.05) is 48.4 Å². The predicted molar refractivity (Wildman–Crippen MR) is 83.0 cm³/mol. The van der Waals surface area contributed by atoms with Crippen LogP contribution in [-0.4, -0.2) is 33.2 Å². The number of hydrogen-bond donors (Lipinski definition) is 1. The van der Waals surface area contributed by atoms with Crippen LogP contribution in [0, 0.1) is 0 Å². The highest BCUT2D eigenvalue weighted by molar-refractivity contribution is 8.18. The Kier molecular flexibility index (Phi) is 6.74. The molecule has 1 saturated heterocycles. The van der Waals surface area contributed by atoms with Crippen LogP contribution in [0.2, 0.25) is 0 Å². The third-order valence-corrected chi connectivity index (χ3v) is 5.16. The van der Waals surface area contributed by atoms with Gasteiger partial charge in [-0.25, -0.2) is 0 Å². The van der Waals surface area contributed by atoms with E-state index in [-0.39, 0.29) is 16.1 Å². The number of thioether (sulfide) groups is 3. The first-order valence-corrected chi connectivity index (χ1v) is 8.34. The van der Waals surface area contributed by atoms with Crippen LogP contribution in [0.25, 0.3) is 0 Å². The summed E-state index contributed by atoms with van der Waals surface area (Å²) in [6, 6.07) is -0.415. The summed E-state index contributed by atoms with van der Waals surface area (Å²) in [5.41, 5.74) is 0. The summed E-state index contributed by atoms with van der Waals surface area (Å²) >= 11 is 3.27. The van der Waals surface area contributed by atoms with Crippen molar-refractivity contribution >= 4 is 51.4 Å². The number of carbonyl (C=O) groups excluding carboxylic acids is 3. The van der Waals surface area contributed by atoms with Crippen LogP contribution in [0.1, 0.15) is 13.3 Å². The molecule has 0 saturated carbocycles. The lowest BCUT2D eigenvalue weighted by Gasteiger charge is -2.14. The molecule has 1 amide bonds. The summed E-state index contributed by atoms with van der Waals surface area (Å²) in [4.78, 5) is 35.3. The highest BCUT2D eigenvalue weighted by Gasteiger charge is 2.29. The van der Waals surface area contributed by atoms with Gasteiger partial charge in [0.15, 0.2) is 0 Å². The van der Waals surface area contributed by atoms with E-state index >= 15 is 0 Å². The molecule has 0 radical (unpaired) electrons. The van der Waals surface area contributed by atoms with E-state index in [4.69, 9.17) is 0 Å². The van der Waals surface area contributed by atoms with E-state index in [1.807, 2.05) is 0 Å². The van der Waals surface area contributed by atoms with E-state index in [0.29, 0.717) is 11.3 Å². The zero-order valence-electron chi connectivity index (χ0n) is 10.5. The van der Waals surface area contributed by atoms with Crippen molar-refractivity contribution in [2.24, 2.45) is 0 Å². The molecule has 0 bridgehead atoms. The molecule has 1 aliphatic rings. The van der Waals surface area contributed by atoms with E-state index in [1.165, 1.54) is 17.2 Å². The van der Waals surface area contributed by atoms with Gasteiger partial charge in [0.1, 0.15) is 0 Å². The fraction of sp³-hybridized carbons (Fsp3) is 0.417. The minimum absolute atomic E-state index is 0.0106. The van der Waals surface area contributed by atoms with Crippen LogP contribution in [-0.2, 0) is 14.4 Å². The fourth-order valence-electron chi connectivity index (χ4n) is 1.34. The van der Waals surface area contributed by atoms with Crippen molar-refractivity contribution in [2.45, 2.75) is 24.6 Å². The van der Waals surface area contributed by atoms with Gasteiger partial charge in [-0.3, -0.25) is 14.4 Å². The Balaban J connectivity index is 2.44. The van der Waals surface area contributed by atoms with Gasteiger partial charge >= 0.3 is 0 Å². The van der Waals surface area contributed by atoms with Crippen molar-refractivity contribution in [1.29, 1.82) is 0 Å². The third kappa shape index (κ3) is 5.08. The summed E-state index contributed by atoms with van der Waals surface area (Å²) < 4.78 is 0. The zero-order valence-corrected chi connectivity index (χ0v) is 13.0. The van der Waals surface area contributed by atoms with Crippen LogP contribution < -0.4 is 5.32 Å². The molecular formula is C12H15NO3S3. The second-order valence-electron chi connectivity index (χ2n) is 3.77. The molecule has 0 aromatic rings. The predicted octanol–water partition coefficient (Wildman–Crippen LogP) is 2.17. The second kappa shape index (κ2) is 7.81. The molecule has 1 N–H and O–H groups in total. The van der Waals surface area contributed by atoms with Crippen molar-refractivity contribution in [3.05, 3.63) is 23.5 Å². The number of hydrogen-bond acceptors (Lipinski definition) is 6. The quantitative estimate of drug-likeness (QED) is 0.758. The molecule has 19 heavy (non-hydrogen) atoms. The molecule has 4 nitrogen and oxygen atoms in total. The van der Waals surface area contributed by atoms with Gasteiger partial charge in [-0.15, -0.1) is 0 Å². The Labute approximate surface area is 125 Å². The maximum atomic E-state index is 11.9. The second-order valence-corrected chi connectivity index (χ2v) is 7.25. The van der Waals surface area contributed by atoms with Crippen molar-refractivity contribution in [2.75, 3.05) is 5.75 Å². The minimum Gasteiger partial charge on any atom is -0.344 e. The third-order valence-electron chi connectivity index (χ3n) is 2.36. The first kappa shape index (κ1) is 16.4. The Morgan fingerprint density at radius 3 is 2.79 bits per heavy atom. The van der Waals surface area contributed by atoms with E-state index in [2.05, 4.69) is 18.5 Å². The van der Waals surface area contributed by atoms with Gasteiger partial charge in [-0.05, 0) is 18.8 Å². The molecule has 1 aliphatic heterocycles. The van der Waals surface area contributed by atoms with E-state index < -0.39 is 11.3 Å². The van der Waals surface area contributed by atoms with Crippen molar-refractivity contribution in [3.8, 4) is 0 Å². The topological polar surface area (TPSA) is 63.2 Å². The molecule has 0 aliphatic carbocycles. The fourth-order valence-corrected chi connectivity index (χ4v) is 3.49. The standard InChI is InChI=1S/C12H15NO3S3/c1-4-17-8(3)11(15)19-7(2)10(14)13-9-5-6-18-12(9)16/h4,7,9H,1,3,5-6H2,2H3,(H,13,14). The van der Waals surface area contributed by atoms with Crippen molar-refractivity contribution in [3.63, 3.8) is 0 Å². The smallest absolute Gasteiger partial charge is 0.233 e. The lowest BCUT2D eigenvalue weighted by atomic mass is 10.2. The molecule has 104 valence electrons. The van der Waals surface area contributed by atoms with Crippen LogP contribution in [0.5, 0.6) is 0 Å². The van der Waals surface area contributed by atoms with Crippen LogP contribution in [0.3, 0.4) is 0 Å². The van der Waals surface area contributed by atoms with Crippen LogP contribution in [0.4, 0.5) is 0 Å². The zero-order chi connectivity index (χ0) is 14.4. The van der Waals surface area contributed by atoms with Gasteiger partial charge in [0, 0.05) is 5.75 Å². The Morgan fingerprint density at radius 2 is 2.26 bits per heavy atom. The minimum atomic E-state index is -0.548. The monoisotopic (exact) mass is 317 g/mol. The lowest BCUT2D eigenvalue weighted by molar-refractivity contribution is -0.124. The molecule has 1 heterocycles. The summed E-state index contributed by atoms with van der Waals surface area (Å²) in [5.74, 6) is 0.437.